The zero-order valence-corrected chi connectivity index (χ0v) is 11.9. The highest BCUT2D eigenvalue weighted by atomic mass is 19.1. The third-order valence-electron chi connectivity index (χ3n) is 3.91. The van der Waals surface area contributed by atoms with E-state index in [0.29, 0.717) is 16.7 Å². The Labute approximate surface area is 125 Å². The Morgan fingerprint density at radius 1 is 1.55 bits per heavy atom. The first-order valence-electron chi connectivity index (χ1n) is 6.87. The summed E-state index contributed by atoms with van der Waals surface area (Å²) in [5, 5.41) is 12.4. The summed E-state index contributed by atoms with van der Waals surface area (Å²) in [5.74, 6) is -1.04. The molecule has 0 bridgehead atoms. The number of aliphatic carboxylic acids is 1. The van der Waals surface area contributed by atoms with Crippen LogP contribution in [0.3, 0.4) is 0 Å². The first-order valence-corrected chi connectivity index (χ1v) is 6.87. The van der Waals surface area contributed by atoms with Crippen molar-refractivity contribution in [3.05, 3.63) is 35.3 Å². The number of aryl methyl sites for hydroxylation is 1. The molecule has 6 nitrogen and oxygen atoms in total. The number of carboxylic acid groups (broad SMARTS) is 1. The standard InChI is InChI=1S/C15H15FN2O4/c1-8-10-4-9(16)2-3-12(10)22-13(8)6-18-7-14(19)17-5-11(18)15(20)21/h2-4,11H,5-7H2,1H3,(H,17,19)(H,20,21). The van der Waals surface area contributed by atoms with Gasteiger partial charge < -0.3 is 14.8 Å². The Balaban J connectivity index is 1.92. The quantitative estimate of drug-likeness (QED) is 0.892. The number of carbonyl (C=O) groups excluding carboxylic acids is 1. The van der Waals surface area contributed by atoms with Gasteiger partial charge in [0.1, 0.15) is 23.2 Å². The Hall–Kier alpha value is -2.41. The third-order valence-corrected chi connectivity index (χ3v) is 3.91. The van der Waals surface area contributed by atoms with Crippen LogP contribution >= 0.6 is 0 Å². The van der Waals surface area contributed by atoms with Gasteiger partial charge in [0.05, 0.1) is 13.1 Å². The van der Waals surface area contributed by atoms with Crippen molar-refractivity contribution in [1.82, 2.24) is 10.2 Å². The summed E-state index contributed by atoms with van der Waals surface area (Å²) in [7, 11) is 0. The third kappa shape index (κ3) is 2.55. The summed E-state index contributed by atoms with van der Waals surface area (Å²) in [6.45, 7) is 2.02. The summed E-state index contributed by atoms with van der Waals surface area (Å²) in [5.41, 5.74) is 1.30. The van der Waals surface area contributed by atoms with Crippen molar-refractivity contribution in [2.24, 2.45) is 0 Å². The molecule has 0 aliphatic carbocycles. The van der Waals surface area contributed by atoms with E-state index in [1.807, 2.05) is 0 Å². The molecule has 1 unspecified atom stereocenters. The highest BCUT2D eigenvalue weighted by molar-refractivity contribution is 5.84. The van der Waals surface area contributed by atoms with Crippen LogP contribution in [0, 0.1) is 12.7 Å². The molecule has 1 aromatic heterocycles. The van der Waals surface area contributed by atoms with Gasteiger partial charge in [0.25, 0.3) is 0 Å². The fraction of sp³-hybridized carbons (Fsp3) is 0.333. The fourth-order valence-corrected chi connectivity index (χ4v) is 2.68. The minimum atomic E-state index is -1.00. The number of carbonyl (C=O) groups is 2. The van der Waals surface area contributed by atoms with Crippen LogP contribution < -0.4 is 5.32 Å². The molecule has 1 aliphatic rings. The maximum absolute atomic E-state index is 13.3. The lowest BCUT2D eigenvalue weighted by atomic mass is 10.1. The predicted molar refractivity (Wildman–Crippen MR) is 75.8 cm³/mol. The van der Waals surface area contributed by atoms with Gasteiger partial charge in [-0.25, -0.2) is 4.39 Å². The van der Waals surface area contributed by atoms with Gasteiger partial charge in [0, 0.05) is 11.9 Å². The number of furan rings is 1. The molecule has 1 aromatic carbocycles. The SMILES string of the molecule is Cc1c(CN2CC(=O)NCC2C(=O)O)oc2ccc(F)cc12. The van der Waals surface area contributed by atoms with Crippen LogP contribution in [-0.2, 0) is 16.1 Å². The molecule has 1 amide bonds. The number of fused-ring (bicyclic) bond motifs is 1. The summed E-state index contributed by atoms with van der Waals surface area (Å²) in [4.78, 5) is 24.3. The van der Waals surface area contributed by atoms with Crippen molar-refractivity contribution < 1.29 is 23.5 Å². The van der Waals surface area contributed by atoms with Gasteiger partial charge in [0.15, 0.2) is 0 Å². The number of nitrogens with one attached hydrogen (secondary N) is 1. The van der Waals surface area contributed by atoms with E-state index in [-0.39, 0.29) is 31.4 Å². The van der Waals surface area contributed by atoms with E-state index >= 15 is 0 Å². The van der Waals surface area contributed by atoms with E-state index in [9.17, 15) is 19.1 Å². The Kier molecular flexibility index (Phi) is 3.58. The van der Waals surface area contributed by atoms with Crippen molar-refractivity contribution in [2.75, 3.05) is 13.1 Å². The minimum Gasteiger partial charge on any atom is -0.480 e. The number of benzene rings is 1. The first kappa shape index (κ1) is 14.5. The molecule has 22 heavy (non-hydrogen) atoms. The molecule has 0 saturated carbocycles. The number of carboxylic acids is 1. The van der Waals surface area contributed by atoms with Crippen molar-refractivity contribution in [3.63, 3.8) is 0 Å². The van der Waals surface area contributed by atoms with E-state index < -0.39 is 12.0 Å². The Morgan fingerprint density at radius 3 is 3.05 bits per heavy atom. The van der Waals surface area contributed by atoms with Gasteiger partial charge in [-0.3, -0.25) is 14.5 Å². The maximum atomic E-state index is 13.3. The van der Waals surface area contributed by atoms with Crippen LogP contribution in [-0.4, -0.2) is 41.0 Å². The maximum Gasteiger partial charge on any atom is 0.322 e. The fourth-order valence-electron chi connectivity index (χ4n) is 2.68. The van der Waals surface area contributed by atoms with Gasteiger partial charge >= 0.3 is 5.97 Å². The Bertz CT molecular complexity index is 755. The van der Waals surface area contributed by atoms with Gasteiger partial charge in [0.2, 0.25) is 5.91 Å². The molecule has 116 valence electrons. The minimum absolute atomic E-state index is 0.0121. The smallest absolute Gasteiger partial charge is 0.322 e. The van der Waals surface area contributed by atoms with Gasteiger partial charge in [-0.1, -0.05) is 0 Å². The number of piperazine rings is 1. The van der Waals surface area contributed by atoms with Crippen LogP contribution in [0.2, 0.25) is 0 Å². The Morgan fingerprint density at radius 2 is 2.32 bits per heavy atom. The normalized spacial score (nSPS) is 19.4. The molecule has 0 spiro atoms. The van der Waals surface area contributed by atoms with E-state index in [0.717, 1.165) is 5.56 Å². The summed E-state index contributed by atoms with van der Waals surface area (Å²) in [6, 6.07) is 3.43. The lowest BCUT2D eigenvalue weighted by molar-refractivity contribution is -0.146. The molecule has 1 aliphatic heterocycles. The number of hydrogen-bond acceptors (Lipinski definition) is 4. The second-order valence-corrected chi connectivity index (χ2v) is 5.35. The van der Waals surface area contributed by atoms with E-state index in [2.05, 4.69) is 5.32 Å². The topological polar surface area (TPSA) is 82.8 Å². The number of hydrogen-bond donors (Lipinski definition) is 2. The summed E-state index contributed by atoms with van der Waals surface area (Å²) in [6.07, 6.45) is 0. The monoisotopic (exact) mass is 306 g/mol. The zero-order valence-electron chi connectivity index (χ0n) is 11.9. The molecular formula is C15H15FN2O4. The van der Waals surface area contributed by atoms with E-state index in [1.54, 1.807) is 17.9 Å². The molecule has 1 saturated heterocycles. The average molecular weight is 306 g/mol. The number of nitrogens with zero attached hydrogens (tertiary/aromatic N) is 1. The van der Waals surface area contributed by atoms with Crippen LogP contribution in [0.25, 0.3) is 11.0 Å². The number of halogens is 1. The summed E-state index contributed by atoms with van der Waals surface area (Å²) < 4.78 is 19.0. The number of rotatable bonds is 3. The molecule has 2 heterocycles. The largest absolute Gasteiger partial charge is 0.480 e. The van der Waals surface area contributed by atoms with Crippen LogP contribution in [0.1, 0.15) is 11.3 Å². The zero-order chi connectivity index (χ0) is 15.9. The van der Waals surface area contributed by atoms with E-state index in [1.165, 1.54) is 12.1 Å². The van der Waals surface area contributed by atoms with Crippen molar-refractivity contribution >= 4 is 22.8 Å². The molecule has 2 aromatic rings. The lowest BCUT2D eigenvalue weighted by Gasteiger charge is -2.32. The van der Waals surface area contributed by atoms with Crippen molar-refractivity contribution in [3.8, 4) is 0 Å². The van der Waals surface area contributed by atoms with Crippen LogP contribution in [0.4, 0.5) is 4.39 Å². The molecule has 2 N–H and O–H groups in total. The van der Waals surface area contributed by atoms with Crippen LogP contribution in [0.5, 0.6) is 0 Å². The number of amides is 1. The van der Waals surface area contributed by atoms with Gasteiger partial charge in [-0.2, -0.15) is 0 Å². The molecule has 1 fully saturated rings. The van der Waals surface area contributed by atoms with Crippen molar-refractivity contribution in [2.45, 2.75) is 19.5 Å². The summed E-state index contributed by atoms with van der Waals surface area (Å²) >= 11 is 0. The average Bonchev–Trinajstić information content (AvgIpc) is 2.75. The lowest BCUT2D eigenvalue weighted by Crippen LogP contribution is -2.56. The van der Waals surface area contributed by atoms with Crippen molar-refractivity contribution in [1.29, 1.82) is 0 Å². The van der Waals surface area contributed by atoms with E-state index in [4.69, 9.17) is 4.42 Å². The molecule has 1 atom stereocenters. The molecule has 0 radical (unpaired) electrons. The molecular weight excluding hydrogens is 291 g/mol. The molecule has 3 rings (SSSR count). The highest BCUT2D eigenvalue weighted by Gasteiger charge is 2.32. The highest BCUT2D eigenvalue weighted by Crippen LogP contribution is 2.27. The second kappa shape index (κ2) is 5.42. The predicted octanol–water partition coefficient (Wildman–Crippen LogP) is 1.27. The first-order chi connectivity index (χ1) is 10.5. The molecule has 7 heteroatoms. The second-order valence-electron chi connectivity index (χ2n) is 5.35. The van der Waals surface area contributed by atoms with Crippen LogP contribution in [0.15, 0.2) is 22.6 Å². The van der Waals surface area contributed by atoms with Gasteiger partial charge in [-0.15, -0.1) is 0 Å². The van der Waals surface area contributed by atoms with Gasteiger partial charge in [-0.05, 0) is 30.7 Å².